The van der Waals surface area contributed by atoms with Gasteiger partial charge in [0.05, 0.1) is 27.8 Å². The van der Waals surface area contributed by atoms with Crippen molar-refractivity contribution in [1.82, 2.24) is 39.9 Å². The van der Waals surface area contributed by atoms with Gasteiger partial charge in [0.2, 0.25) is 0 Å². The van der Waals surface area contributed by atoms with Gasteiger partial charge in [0.1, 0.15) is 0 Å². The maximum atomic E-state index is 5.53. The van der Waals surface area contributed by atoms with Gasteiger partial charge in [-0.25, -0.2) is 0 Å². The van der Waals surface area contributed by atoms with E-state index < -0.39 is 0 Å². The summed E-state index contributed by atoms with van der Waals surface area (Å²) in [6, 6.07) is 8.97. The number of aromatic amines is 6. The zero-order chi connectivity index (χ0) is 60.0. The molecule has 0 radical (unpaired) electrons. The second kappa shape index (κ2) is 18.6. The Morgan fingerprint density at radius 3 is 1.44 bits per heavy atom. The average molecular weight is 1110 g/mol. The van der Waals surface area contributed by atoms with E-state index in [2.05, 4.69) is 222 Å². The summed E-state index contributed by atoms with van der Waals surface area (Å²) >= 11 is 0. The smallest absolute Gasteiger partial charge is 0.0775 e. The van der Waals surface area contributed by atoms with Crippen molar-refractivity contribution in [3.63, 3.8) is 0 Å². The Kier molecular flexibility index (Phi) is 12.1. The van der Waals surface area contributed by atoms with Crippen LogP contribution in [0.3, 0.4) is 0 Å². The third-order valence-electron chi connectivity index (χ3n) is 21.4. The highest BCUT2D eigenvalue weighted by molar-refractivity contribution is 6.07. The molecule has 0 saturated heterocycles. The van der Waals surface area contributed by atoms with Crippen molar-refractivity contribution in [3.05, 3.63) is 210 Å². The summed E-state index contributed by atoms with van der Waals surface area (Å²) in [6.45, 7) is 49.9. The minimum absolute atomic E-state index is 0.195. The normalized spacial score (nSPS) is 16.5. The Hall–Kier alpha value is -8.37. The molecule has 10 nitrogen and oxygen atoms in total. The molecular weight excluding hydrogens is 1030 g/mol. The van der Waals surface area contributed by atoms with Crippen molar-refractivity contribution in [2.45, 2.75) is 169 Å². The second-order valence-electron chi connectivity index (χ2n) is 26.4. The third-order valence-corrected chi connectivity index (χ3v) is 21.4. The molecule has 0 aliphatic carbocycles. The van der Waals surface area contributed by atoms with Gasteiger partial charge in [-0.3, -0.25) is 15.0 Å². The number of nitrogens with zero attached hydrogens (tertiary/aromatic N) is 3. The molecule has 8 aromatic heterocycles. The number of benzene rings is 2. The van der Waals surface area contributed by atoms with Crippen molar-refractivity contribution in [2.75, 3.05) is 5.32 Å². The minimum Gasteiger partial charge on any atom is -0.358 e. The monoisotopic (exact) mass is 1110 g/mol. The lowest BCUT2D eigenvalue weighted by molar-refractivity contribution is 0.640. The molecule has 12 heterocycles. The third kappa shape index (κ3) is 7.37. The van der Waals surface area contributed by atoms with Crippen LogP contribution in [0.4, 0.5) is 5.69 Å². The number of rotatable bonds is 0. The number of hydrogen-bond donors (Lipinski definition) is 7. The second-order valence-corrected chi connectivity index (χ2v) is 26.4. The maximum absolute atomic E-state index is 5.53. The van der Waals surface area contributed by atoms with E-state index in [9.17, 15) is 0 Å². The number of anilines is 1. The molecule has 2 aromatic carbocycles. The highest BCUT2D eigenvalue weighted by Crippen LogP contribution is 2.53. The van der Waals surface area contributed by atoms with Gasteiger partial charge in [-0.2, -0.15) is 0 Å². The van der Waals surface area contributed by atoms with E-state index >= 15 is 0 Å². The van der Waals surface area contributed by atoms with Crippen LogP contribution >= 0.6 is 0 Å². The Bertz CT molecular complexity index is 5070. The minimum atomic E-state index is -0.265. The molecule has 10 aromatic rings. The van der Waals surface area contributed by atoms with Gasteiger partial charge < -0.3 is 35.2 Å². The summed E-state index contributed by atoms with van der Waals surface area (Å²) < 4.78 is 0. The van der Waals surface area contributed by atoms with Gasteiger partial charge in [-0.1, -0.05) is 34.6 Å². The van der Waals surface area contributed by atoms with E-state index in [1.165, 1.54) is 195 Å². The zero-order valence-corrected chi connectivity index (χ0v) is 53.5. The fourth-order valence-electron chi connectivity index (χ4n) is 15.4. The van der Waals surface area contributed by atoms with Crippen LogP contribution in [0.5, 0.6) is 0 Å². The lowest BCUT2D eigenvalue weighted by atomic mass is 9.80. The van der Waals surface area contributed by atoms with Crippen LogP contribution in [0.2, 0.25) is 0 Å². The Morgan fingerprint density at radius 1 is 0.405 bits per heavy atom. The van der Waals surface area contributed by atoms with E-state index in [-0.39, 0.29) is 16.7 Å². The Morgan fingerprint density at radius 2 is 0.857 bits per heavy atom. The summed E-state index contributed by atoms with van der Waals surface area (Å²) in [5.74, 6) is 0.195. The fourth-order valence-corrected chi connectivity index (χ4v) is 15.4. The lowest BCUT2D eigenvalue weighted by Crippen LogP contribution is -2.22. The molecule has 1 atom stereocenters. The first-order valence-electron chi connectivity index (χ1n) is 30.1. The summed E-state index contributed by atoms with van der Waals surface area (Å²) in [5.41, 5.74) is 38.2. The van der Waals surface area contributed by atoms with E-state index in [0.717, 1.165) is 32.4 Å². The van der Waals surface area contributed by atoms with Crippen LogP contribution in [-0.2, 0) is 10.8 Å². The van der Waals surface area contributed by atoms with Crippen molar-refractivity contribution in [1.29, 1.82) is 0 Å². The topological polar surface area (TPSA) is 145 Å². The molecule has 7 N–H and O–H groups in total. The quantitative estimate of drug-likeness (QED) is 0.0812. The van der Waals surface area contributed by atoms with Gasteiger partial charge in [0, 0.05) is 125 Å². The van der Waals surface area contributed by atoms with Gasteiger partial charge >= 0.3 is 0 Å². The number of hydrogen-bond acceptors (Lipinski definition) is 4. The lowest BCUT2D eigenvalue weighted by Gasteiger charge is -2.23. The number of allylic oxidation sites excluding steroid dienone is 4. The van der Waals surface area contributed by atoms with Gasteiger partial charge in [-0.15, -0.1) is 0 Å². The van der Waals surface area contributed by atoms with Crippen molar-refractivity contribution >= 4 is 55.1 Å². The summed E-state index contributed by atoms with van der Waals surface area (Å²) in [6.07, 6.45) is 7.81. The van der Waals surface area contributed by atoms with E-state index in [1.807, 2.05) is 24.8 Å². The predicted octanol–water partition coefficient (Wildman–Crippen LogP) is 15.0. The summed E-state index contributed by atoms with van der Waals surface area (Å²) in [5, 5.41) is 15.6. The van der Waals surface area contributed by atoms with Gasteiger partial charge in [-0.05, 0) is 258 Å². The SMILES string of the molecule is CC1=C2N=c3c(cc4ccncc4c3=c3[nH]c(c(C)c3C)=C(C)c3[nH]c(c(C)c3C)C(C)c3[nH]c1c(C)c3C)C2(C)C.CC1=C2Nc3c(cc4cnccc4c3-c3[nH]c(c(C)c3C)C(C)=c3[nH]c(c(C)c3C)=C(C)c3[nH]c1c(C)c3C)C2(C)C. The first kappa shape index (κ1) is 54.9. The number of aromatic nitrogens is 8. The largest absolute Gasteiger partial charge is 0.358 e. The number of nitrogens with one attached hydrogen (secondary N) is 7. The Labute approximate surface area is 493 Å². The highest BCUT2D eigenvalue weighted by Gasteiger charge is 2.41. The highest BCUT2D eigenvalue weighted by atomic mass is 15.0. The van der Waals surface area contributed by atoms with Crippen LogP contribution in [0, 0.1) is 93.7 Å². The van der Waals surface area contributed by atoms with E-state index in [1.54, 1.807) is 0 Å². The maximum Gasteiger partial charge on any atom is 0.0775 e. The molecule has 4 aliphatic rings. The summed E-state index contributed by atoms with van der Waals surface area (Å²) in [7, 11) is 0. The molecule has 16 bridgehead atoms. The molecule has 428 valence electrons. The molecule has 0 amide bonds. The van der Waals surface area contributed by atoms with E-state index in [0.29, 0.717) is 0 Å². The molecule has 1 unspecified atom stereocenters. The molecule has 14 rings (SSSR count). The molecule has 10 heteroatoms. The first-order valence-corrected chi connectivity index (χ1v) is 30.1. The standard InChI is InChI=1S/2C37H41N5/c1-16-17(2)30-23(8)32-20(5)21(6)34(41-32)28-26-12-13-38-15-25(26)14-27-35(28)42-36(37(27,10)11)24(9)33-19(4)18(3)31(40-33)22(7)29(16)39-30;1-16-17(2)30-23(8)32-20(5)21(6)34(41-32)28-26-15-38-13-12-25(26)14-27-35(28)42-36(37(27,10)11)24(9)33-19(4)18(3)31(40-33)22(7)29(16)39-30/h12-15,39-42H,1-11H3;12-15,22,39-41H,1-11H3. The predicted molar refractivity (Wildman–Crippen MR) is 349 cm³/mol. The number of H-pyrrole nitrogens is 6. The van der Waals surface area contributed by atoms with Crippen molar-refractivity contribution in [2.24, 2.45) is 4.99 Å². The van der Waals surface area contributed by atoms with Crippen LogP contribution in [0.15, 0.2) is 65.4 Å². The average Bonchev–Trinajstić information content (AvgIpc) is 1.86. The molecule has 0 saturated carbocycles. The van der Waals surface area contributed by atoms with Crippen LogP contribution in [0.25, 0.3) is 60.7 Å². The number of pyridine rings is 2. The molecular formula is C74H82N10. The van der Waals surface area contributed by atoms with Crippen molar-refractivity contribution < 1.29 is 0 Å². The first-order chi connectivity index (χ1) is 39.7. The summed E-state index contributed by atoms with van der Waals surface area (Å²) in [4.78, 5) is 38.1. The van der Waals surface area contributed by atoms with Gasteiger partial charge in [0.15, 0.2) is 0 Å². The zero-order valence-electron chi connectivity index (χ0n) is 53.5. The molecule has 84 heavy (non-hydrogen) atoms. The van der Waals surface area contributed by atoms with E-state index in [4.69, 9.17) is 4.99 Å². The Balaban J connectivity index is 0.000000157. The van der Waals surface area contributed by atoms with Crippen molar-refractivity contribution in [3.8, 4) is 11.3 Å². The van der Waals surface area contributed by atoms with Gasteiger partial charge in [0.25, 0.3) is 0 Å². The molecule has 0 spiro atoms. The fraction of sp³-hybridized carbons (Fsp3) is 0.338. The molecule has 0 fully saturated rings. The van der Waals surface area contributed by atoms with Crippen LogP contribution < -0.4 is 26.7 Å². The van der Waals surface area contributed by atoms with Crippen LogP contribution in [0.1, 0.15) is 193 Å². The van der Waals surface area contributed by atoms with Crippen LogP contribution in [-0.4, -0.2) is 39.9 Å². The molecule has 4 aliphatic heterocycles. The number of fused-ring (bicyclic) bond motifs is 19.